The van der Waals surface area contributed by atoms with E-state index in [9.17, 15) is 24.3 Å². The SMILES string of the molecule is CC(C)OC(C)C(=O)C(C)(C)C(C)(C)OCC(=O)C(C)(C)OCCOC(C)(C)C(=O)C(C)OC(C)(C)C(C)(C)C(=O)CO. The number of carbonyl (C=O) groups is 4. The number of aliphatic hydroxyl groups is 1. The highest BCUT2D eigenvalue weighted by molar-refractivity contribution is 5.91. The molecule has 0 aromatic carbocycles. The van der Waals surface area contributed by atoms with Crippen molar-refractivity contribution in [2.24, 2.45) is 10.8 Å². The summed E-state index contributed by atoms with van der Waals surface area (Å²) in [7, 11) is 0. The Balaban J connectivity index is 5.11. The summed E-state index contributed by atoms with van der Waals surface area (Å²) in [4.78, 5) is 51.6. The molecule has 0 spiro atoms. The minimum Gasteiger partial charge on any atom is -0.389 e. The zero-order valence-electron chi connectivity index (χ0n) is 29.7. The maximum absolute atomic E-state index is 13.2. The predicted octanol–water partition coefficient (Wildman–Crippen LogP) is 4.69. The fraction of sp³-hybridized carbons (Fsp3) is 0.879. The molecule has 1 N–H and O–H groups in total. The molecule has 0 aromatic rings. The van der Waals surface area contributed by atoms with Crippen molar-refractivity contribution in [1.29, 1.82) is 0 Å². The summed E-state index contributed by atoms with van der Waals surface area (Å²) >= 11 is 0. The van der Waals surface area contributed by atoms with E-state index < -0.39 is 52.0 Å². The summed E-state index contributed by atoms with van der Waals surface area (Å²) in [5.74, 6) is -1.15. The van der Waals surface area contributed by atoms with Gasteiger partial charge in [0.1, 0.15) is 36.6 Å². The molecule has 10 heteroatoms. The number of hydrogen-bond acceptors (Lipinski definition) is 10. The molecule has 2 unspecified atom stereocenters. The highest BCUT2D eigenvalue weighted by Crippen LogP contribution is 2.37. The number of ether oxygens (including phenoxy) is 5. The van der Waals surface area contributed by atoms with E-state index in [4.69, 9.17) is 23.7 Å². The Morgan fingerprint density at radius 1 is 0.581 bits per heavy atom. The topological polar surface area (TPSA) is 135 Å². The number of carbonyl (C=O) groups excluding carboxylic acids is 4. The lowest BCUT2D eigenvalue weighted by molar-refractivity contribution is -0.180. The maximum atomic E-state index is 13.2. The molecule has 0 heterocycles. The van der Waals surface area contributed by atoms with Crippen molar-refractivity contribution in [3.63, 3.8) is 0 Å². The van der Waals surface area contributed by atoms with E-state index >= 15 is 0 Å². The normalized spacial score (nSPS) is 15.4. The van der Waals surface area contributed by atoms with Gasteiger partial charge in [0.25, 0.3) is 0 Å². The Bertz CT molecular complexity index is 972. The molecule has 252 valence electrons. The summed E-state index contributed by atoms with van der Waals surface area (Å²) in [6.45, 7) is 26.6. The quantitative estimate of drug-likeness (QED) is 0.181. The van der Waals surface area contributed by atoms with Crippen LogP contribution in [0, 0.1) is 10.8 Å². The summed E-state index contributed by atoms with van der Waals surface area (Å²) in [6, 6.07) is 0. The summed E-state index contributed by atoms with van der Waals surface area (Å²) < 4.78 is 29.3. The molecular formula is C33H60O10. The van der Waals surface area contributed by atoms with E-state index in [1.165, 1.54) is 0 Å². The Kier molecular flexibility index (Phi) is 14.6. The van der Waals surface area contributed by atoms with Crippen molar-refractivity contribution < 1.29 is 48.0 Å². The van der Waals surface area contributed by atoms with Crippen molar-refractivity contribution >= 4 is 23.1 Å². The van der Waals surface area contributed by atoms with Gasteiger partial charge in [-0.05, 0) is 83.1 Å². The number of ketones is 4. The van der Waals surface area contributed by atoms with E-state index in [1.807, 2.05) is 13.8 Å². The van der Waals surface area contributed by atoms with Gasteiger partial charge < -0.3 is 28.8 Å². The second kappa shape index (κ2) is 15.1. The Labute approximate surface area is 259 Å². The first-order valence-corrected chi connectivity index (χ1v) is 15.1. The van der Waals surface area contributed by atoms with Crippen LogP contribution in [0.5, 0.6) is 0 Å². The first-order valence-electron chi connectivity index (χ1n) is 15.1. The average Bonchev–Trinajstić information content (AvgIpc) is 2.87. The lowest BCUT2D eigenvalue weighted by Crippen LogP contribution is -2.53. The maximum Gasteiger partial charge on any atom is 0.192 e. The Hall–Kier alpha value is -1.56. The lowest BCUT2D eigenvalue weighted by atomic mass is 9.72. The molecule has 0 fully saturated rings. The third-order valence-corrected chi connectivity index (χ3v) is 8.99. The molecule has 0 aromatic heterocycles. The number of aliphatic hydroxyl groups excluding tert-OH is 1. The zero-order valence-corrected chi connectivity index (χ0v) is 29.7. The fourth-order valence-corrected chi connectivity index (χ4v) is 4.29. The fourth-order valence-electron chi connectivity index (χ4n) is 4.29. The molecule has 0 bridgehead atoms. The number of rotatable bonds is 21. The van der Waals surface area contributed by atoms with E-state index in [0.717, 1.165) is 0 Å². The molecule has 0 saturated carbocycles. The highest BCUT2D eigenvalue weighted by atomic mass is 16.6. The van der Waals surface area contributed by atoms with Crippen LogP contribution in [-0.4, -0.2) is 95.4 Å². The van der Waals surface area contributed by atoms with Gasteiger partial charge in [-0.2, -0.15) is 0 Å². The molecule has 0 aliphatic rings. The average molecular weight is 617 g/mol. The molecule has 0 aliphatic carbocycles. The van der Waals surface area contributed by atoms with Gasteiger partial charge in [0, 0.05) is 0 Å². The second-order valence-corrected chi connectivity index (χ2v) is 14.6. The smallest absolute Gasteiger partial charge is 0.192 e. The molecule has 0 amide bonds. The van der Waals surface area contributed by atoms with Crippen LogP contribution in [-0.2, 0) is 42.9 Å². The van der Waals surface area contributed by atoms with Gasteiger partial charge in [0.15, 0.2) is 23.1 Å². The minimum atomic E-state index is -1.24. The van der Waals surface area contributed by atoms with Gasteiger partial charge in [0.05, 0.1) is 41.3 Å². The molecule has 10 nitrogen and oxygen atoms in total. The Morgan fingerprint density at radius 2 is 1.05 bits per heavy atom. The van der Waals surface area contributed by atoms with Gasteiger partial charge in [0.2, 0.25) is 0 Å². The third-order valence-electron chi connectivity index (χ3n) is 8.99. The number of Topliss-reactive ketones (excluding diaryl/α,β-unsaturated/α-hetero) is 4. The molecule has 0 saturated heterocycles. The minimum absolute atomic E-state index is 0.0294. The van der Waals surface area contributed by atoms with E-state index in [2.05, 4.69) is 0 Å². The van der Waals surface area contributed by atoms with Crippen LogP contribution in [0.1, 0.15) is 111 Å². The molecule has 0 rings (SSSR count). The second-order valence-electron chi connectivity index (χ2n) is 14.6. The first-order chi connectivity index (χ1) is 19.1. The van der Waals surface area contributed by atoms with Gasteiger partial charge in [-0.1, -0.05) is 27.7 Å². The standard InChI is InChI=1S/C33H60O10/c1-21(2)42-22(3)26(37)29(7,8)32(13,14)41-20-25(36)30(9,10)39-17-18-40-31(11,12)27(38)23(4)43-33(15,16)28(5,6)24(35)19-34/h21-23,34H,17-20H2,1-16H3. The Morgan fingerprint density at radius 3 is 1.49 bits per heavy atom. The van der Waals surface area contributed by atoms with Crippen molar-refractivity contribution in [3.8, 4) is 0 Å². The van der Waals surface area contributed by atoms with Crippen LogP contribution in [0.2, 0.25) is 0 Å². The molecule has 0 radical (unpaired) electrons. The predicted molar refractivity (Wildman–Crippen MR) is 165 cm³/mol. The van der Waals surface area contributed by atoms with E-state index in [-0.39, 0.29) is 49.1 Å². The van der Waals surface area contributed by atoms with Crippen LogP contribution < -0.4 is 0 Å². The van der Waals surface area contributed by atoms with Crippen LogP contribution in [0.25, 0.3) is 0 Å². The van der Waals surface area contributed by atoms with Crippen molar-refractivity contribution in [3.05, 3.63) is 0 Å². The largest absolute Gasteiger partial charge is 0.389 e. The molecule has 43 heavy (non-hydrogen) atoms. The molecule has 2 atom stereocenters. The highest BCUT2D eigenvalue weighted by Gasteiger charge is 2.48. The molecule has 0 aliphatic heterocycles. The first kappa shape index (κ1) is 41.4. The third kappa shape index (κ3) is 10.8. The van der Waals surface area contributed by atoms with E-state index in [1.54, 1.807) is 96.9 Å². The van der Waals surface area contributed by atoms with Gasteiger partial charge in [-0.3, -0.25) is 19.2 Å². The summed E-state index contributed by atoms with van der Waals surface area (Å²) in [5.41, 5.74) is -6.41. The van der Waals surface area contributed by atoms with Gasteiger partial charge in [-0.15, -0.1) is 0 Å². The zero-order chi connectivity index (χ0) is 34.4. The number of hydrogen-bond donors (Lipinski definition) is 1. The van der Waals surface area contributed by atoms with Crippen LogP contribution in [0.3, 0.4) is 0 Å². The summed E-state index contributed by atoms with van der Waals surface area (Å²) in [6.07, 6.45) is -1.62. The van der Waals surface area contributed by atoms with Crippen LogP contribution >= 0.6 is 0 Å². The molecular weight excluding hydrogens is 556 g/mol. The van der Waals surface area contributed by atoms with Crippen molar-refractivity contribution in [2.75, 3.05) is 26.4 Å². The lowest BCUT2D eigenvalue weighted by Gasteiger charge is -2.42. The van der Waals surface area contributed by atoms with Crippen LogP contribution in [0.4, 0.5) is 0 Å². The summed E-state index contributed by atoms with van der Waals surface area (Å²) in [5, 5.41) is 9.33. The van der Waals surface area contributed by atoms with Crippen LogP contribution in [0.15, 0.2) is 0 Å². The monoisotopic (exact) mass is 616 g/mol. The van der Waals surface area contributed by atoms with Crippen molar-refractivity contribution in [2.45, 2.75) is 151 Å². The van der Waals surface area contributed by atoms with Gasteiger partial charge >= 0.3 is 0 Å². The van der Waals surface area contributed by atoms with Crippen molar-refractivity contribution in [1.82, 2.24) is 0 Å². The van der Waals surface area contributed by atoms with E-state index in [0.29, 0.717) is 0 Å². The van der Waals surface area contributed by atoms with Gasteiger partial charge in [-0.25, -0.2) is 0 Å².